The van der Waals surface area contributed by atoms with Gasteiger partial charge in [-0.2, -0.15) is 0 Å². The average molecular weight is 267 g/mol. The molecule has 0 aliphatic carbocycles. The molecular formula is C13H21N3OS. The van der Waals surface area contributed by atoms with Crippen LogP contribution in [0.5, 0.6) is 0 Å². The molecule has 1 unspecified atom stereocenters. The van der Waals surface area contributed by atoms with E-state index in [4.69, 9.17) is 0 Å². The van der Waals surface area contributed by atoms with Crippen LogP contribution in [-0.4, -0.2) is 44.0 Å². The second-order valence-corrected chi connectivity index (χ2v) is 5.59. The van der Waals surface area contributed by atoms with Crippen molar-refractivity contribution in [3.05, 3.63) is 22.4 Å². The molecule has 1 saturated heterocycles. The largest absolute Gasteiger partial charge is 0.353 e. The number of amides is 1. The predicted molar refractivity (Wildman–Crippen MR) is 74.8 cm³/mol. The summed E-state index contributed by atoms with van der Waals surface area (Å²) in [4.78, 5) is 15.4. The number of carbonyl (C=O) groups is 1. The Hall–Kier alpha value is -0.910. The van der Waals surface area contributed by atoms with Gasteiger partial charge in [-0.25, -0.2) is 0 Å². The number of nitrogens with one attached hydrogen (secondary N) is 2. The molecule has 18 heavy (non-hydrogen) atoms. The Bertz CT molecular complexity index is 360. The summed E-state index contributed by atoms with van der Waals surface area (Å²) in [7, 11) is 1.79. The van der Waals surface area contributed by atoms with Gasteiger partial charge < -0.3 is 10.6 Å². The maximum Gasteiger partial charge on any atom is 0.234 e. The van der Waals surface area contributed by atoms with Crippen LogP contribution in [0, 0.1) is 0 Å². The van der Waals surface area contributed by atoms with Crippen molar-refractivity contribution in [3.63, 3.8) is 0 Å². The molecule has 0 radical (unpaired) electrons. The molecule has 0 spiro atoms. The van der Waals surface area contributed by atoms with E-state index in [1.54, 1.807) is 18.4 Å². The van der Waals surface area contributed by atoms with Crippen LogP contribution in [0.15, 0.2) is 17.5 Å². The monoisotopic (exact) mass is 267 g/mol. The number of hydrogen-bond donors (Lipinski definition) is 2. The lowest BCUT2D eigenvalue weighted by atomic mass is 10.2. The zero-order valence-electron chi connectivity index (χ0n) is 10.8. The molecule has 1 aliphatic rings. The first-order chi connectivity index (χ1) is 8.81. The predicted octanol–water partition coefficient (Wildman–Crippen LogP) is 1.22. The van der Waals surface area contributed by atoms with E-state index in [0.717, 1.165) is 13.1 Å². The van der Waals surface area contributed by atoms with Gasteiger partial charge in [-0.3, -0.25) is 9.69 Å². The second-order valence-electron chi connectivity index (χ2n) is 4.61. The first-order valence-corrected chi connectivity index (χ1v) is 7.38. The van der Waals surface area contributed by atoms with Crippen molar-refractivity contribution in [2.45, 2.75) is 18.9 Å². The fraction of sp³-hybridized carbons (Fsp3) is 0.615. The summed E-state index contributed by atoms with van der Waals surface area (Å²) in [6.07, 6.45) is 2.54. The Morgan fingerprint density at radius 1 is 1.50 bits per heavy atom. The van der Waals surface area contributed by atoms with Crippen molar-refractivity contribution in [2.24, 2.45) is 0 Å². The lowest BCUT2D eigenvalue weighted by Gasteiger charge is -2.26. The highest BCUT2D eigenvalue weighted by Gasteiger charge is 2.24. The number of thiophene rings is 1. The molecule has 0 saturated carbocycles. The number of hydrogen-bond acceptors (Lipinski definition) is 4. The summed E-state index contributed by atoms with van der Waals surface area (Å²) in [6.45, 7) is 3.38. The van der Waals surface area contributed by atoms with Crippen molar-refractivity contribution in [3.8, 4) is 0 Å². The summed E-state index contributed by atoms with van der Waals surface area (Å²) in [6, 6.07) is 4.59. The topological polar surface area (TPSA) is 44.4 Å². The van der Waals surface area contributed by atoms with Crippen LogP contribution in [0.25, 0.3) is 0 Å². The van der Waals surface area contributed by atoms with Crippen LogP contribution < -0.4 is 10.6 Å². The summed E-state index contributed by atoms with van der Waals surface area (Å²) in [5, 5.41) is 7.99. The number of nitrogens with zero attached hydrogens (tertiary/aromatic N) is 1. The molecule has 1 fully saturated rings. The average Bonchev–Trinajstić information content (AvgIpc) is 3.02. The van der Waals surface area contributed by atoms with E-state index < -0.39 is 0 Å². The number of likely N-dealkylation sites (N-methyl/N-ethyl adjacent to an activating group) is 1. The van der Waals surface area contributed by atoms with E-state index in [2.05, 4.69) is 33.0 Å². The molecule has 0 bridgehead atoms. The van der Waals surface area contributed by atoms with Crippen LogP contribution in [0.3, 0.4) is 0 Å². The summed E-state index contributed by atoms with van der Waals surface area (Å²) in [5.74, 6) is 0.0678. The minimum Gasteiger partial charge on any atom is -0.353 e. The van der Waals surface area contributed by atoms with Gasteiger partial charge >= 0.3 is 0 Å². The summed E-state index contributed by atoms with van der Waals surface area (Å²) >= 11 is 1.77. The molecule has 2 N–H and O–H groups in total. The van der Waals surface area contributed by atoms with Crippen LogP contribution in [0.2, 0.25) is 0 Å². The summed E-state index contributed by atoms with van der Waals surface area (Å²) in [5.41, 5.74) is 0. The highest BCUT2D eigenvalue weighted by molar-refractivity contribution is 7.10. The van der Waals surface area contributed by atoms with Gasteiger partial charge in [-0.15, -0.1) is 11.3 Å². The van der Waals surface area contributed by atoms with E-state index in [9.17, 15) is 4.79 Å². The third-order valence-electron chi connectivity index (χ3n) is 3.28. The smallest absolute Gasteiger partial charge is 0.234 e. The van der Waals surface area contributed by atoms with Crippen molar-refractivity contribution in [1.82, 2.24) is 15.5 Å². The Balaban J connectivity index is 1.94. The lowest BCUT2D eigenvalue weighted by Crippen LogP contribution is -2.39. The normalized spacial score (nSPS) is 17.8. The van der Waals surface area contributed by atoms with E-state index in [0.29, 0.717) is 19.1 Å². The highest BCUT2D eigenvalue weighted by atomic mass is 32.1. The van der Waals surface area contributed by atoms with E-state index in [1.165, 1.54) is 17.7 Å². The zero-order valence-corrected chi connectivity index (χ0v) is 11.6. The maximum absolute atomic E-state index is 11.5. The molecule has 2 heterocycles. The fourth-order valence-corrected chi connectivity index (χ4v) is 3.24. The van der Waals surface area contributed by atoms with Crippen molar-refractivity contribution < 1.29 is 4.79 Å². The van der Waals surface area contributed by atoms with E-state index in [1.807, 2.05) is 0 Å². The highest BCUT2D eigenvalue weighted by Crippen LogP contribution is 2.27. The van der Waals surface area contributed by atoms with E-state index in [-0.39, 0.29) is 5.91 Å². The van der Waals surface area contributed by atoms with Gasteiger partial charge in [-0.05, 0) is 44.4 Å². The summed E-state index contributed by atoms with van der Waals surface area (Å²) < 4.78 is 0. The molecule has 1 aromatic heterocycles. The zero-order chi connectivity index (χ0) is 12.8. The third kappa shape index (κ3) is 3.54. The standard InChI is InChI=1S/C13H21N3OS/c1-14-10-13(17)15-9-11(12-5-4-8-18-12)16-6-2-3-7-16/h4-5,8,11,14H,2-3,6-7,9-10H2,1H3,(H,15,17). The second kappa shape index (κ2) is 6.87. The SMILES string of the molecule is CNCC(=O)NCC(c1cccs1)N1CCCC1. The molecular weight excluding hydrogens is 246 g/mol. The molecule has 1 aromatic rings. The van der Waals surface area contributed by atoms with Gasteiger partial charge in [0.2, 0.25) is 5.91 Å². The quantitative estimate of drug-likeness (QED) is 0.814. The number of rotatable bonds is 6. The van der Waals surface area contributed by atoms with Crippen LogP contribution in [0.4, 0.5) is 0 Å². The number of likely N-dealkylation sites (tertiary alicyclic amines) is 1. The Morgan fingerprint density at radius 3 is 2.89 bits per heavy atom. The Morgan fingerprint density at radius 2 is 2.28 bits per heavy atom. The molecule has 1 atom stereocenters. The minimum atomic E-state index is 0.0678. The van der Waals surface area contributed by atoms with Crippen molar-refractivity contribution in [2.75, 3.05) is 33.2 Å². The lowest BCUT2D eigenvalue weighted by molar-refractivity contribution is -0.120. The Labute approximate surface area is 112 Å². The first-order valence-electron chi connectivity index (χ1n) is 6.50. The third-order valence-corrected chi connectivity index (χ3v) is 4.26. The molecule has 100 valence electrons. The minimum absolute atomic E-state index is 0.0678. The van der Waals surface area contributed by atoms with Crippen molar-refractivity contribution in [1.29, 1.82) is 0 Å². The van der Waals surface area contributed by atoms with Crippen LogP contribution in [-0.2, 0) is 4.79 Å². The van der Waals surface area contributed by atoms with Gasteiger partial charge in [0.25, 0.3) is 0 Å². The van der Waals surface area contributed by atoms with Crippen molar-refractivity contribution >= 4 is 17.2 Å². The molecule has 5 heteroatoms. The maximum atomic E-state index is 11.5. The number of carbonyl (C=O) groups excluding carboxylic acids is 1. The molecule has 4 nitrogen and oxygen atoms in total. The Kier molecular flexibility index (Phi) is 5.16. The molecule has 0 aromatic carbocycles. The molecule has 2 rings (SSSR count). The molecule has 1 amide bonds. The van der Waals surface area contributed by atoms with Crippen LogP contribution >= 0.6 is 11.3 Å². The molecule has 1 aliphatic heterocycles. The van der Waals surface area contributed by atoms with Gasteiger partial charge in [0.15, 0.2) is 0 Å². The fourth-order valence-electron chi connectivity index (χ4n) is 2.38. The van der Waals surface area contributed by atoms with Gasteiger partial charge in [-0.1, -0.05) is 6.07 Å². The van der Waals surface area contributed by atoms with Gasteiger partial charge in [0.1, 0.15) is 0 Å². The van der Waals surface area contributed by atoms with E-state index >= 15 is 0 Å². The van der Waals surface area contributed by atoms with Crippen LogP contribution in [0.1, 0.15) is 23.8 Å². The van der Waals surface area contributed by atoms with Gasteiger partial charge in [0.05, 0.1) is 12.6 Å². The van der Waals surface area contributed by atoms with Gasteiger partial charge in [0, 0.05) is 11.4 Å². The first kappa shape index (κ1) is 13.5.